The zero-order chi connectivity index (χ0) is 22.8. The first-order valence-corrected chi connectivity index (χ1v) is 9.94. The fourth-order valence-corrected chi connectivity index (χ4v) is 3.06. The van der Waals surface area contributed by atoms with E-state index in [1.54, 1.807) is 50.4 Å². The number of hydrogen-bond acceptors (Lipinski definition) is 7. The lowest BCUT2D eigenvalue weighted by molar-refractivity contribution is -0.145. The first-order chi connectivity index (χ1) is 14.9. The molecule has 1 amide bonds. The van der Waals surface area contributed by atoms with Gasteiger partial charge in [0.05, 0.1) is 25.3 Å². The Morgan fingerprint density at radius 1 is 1.16 bits per heavy atom. The van der Waals surface area contributed by atoms with Gasteiger partial charge in [0.15, 0.2) is 18.1 Å². The van der Waals surface area contributed by atoms with Crippen LogP contribution in [-0.4, -0.2) is 39.3 Å². The summed E-state index contributed by atoms with van der Waals surface area (Å²) >= 11 is 3.36. The molecule has 0 saturated carbocycles. The molecule has 0 spiro atoms. The SMILES string of the molecule is CCOC(=O)COc1c(Br)cc(/C=C(/C#N)C(=O)Nc2ccc(OC)cc2)cc1OC. The number of ether oxygens (including phenoxy) is 4. The zero-order valence-corrected chi connectivity index (χ0v) is 18.8. The quantitative estimate of drug-likeness (QED) is 0.323. The second kappa shape index (κ2) is 11.6. The smallest absolute Gasteiger partial charge is 0.344 e. The van der Waals surface area contributed by atoms with Crippen LogP contribution >= 0.6 is 15.9 Å². The fourth-order valence-electron chi connectivity index (χ4n) is 2.48. The maximum atomic E-state index is 12.5. The highest BCUT2D eigenvalue weighted by Crippen LogP contribution is 2.37. The maximum absolute atomic E-state index is 12.5. The van der Waals surface area contributed by atoms with E-state index in [1.807, 2.05) is 6.07 Å². The lowest BCUT2D eigenvalue weighted by Gasteiger charge is -2.13. The monoisotopic (exact) mass is 488 g/mol. The molecule has 0 aliphatic heterocycles. The Morgan fingerprint density at radius 3 is 2.45 bits per heavy atom. The Hall–Kier alpha value is -3.51. The Bertz CT molecular complexity index is 1010. The number of amides is 1. The van der Waals surface area contributed by atoms with E-state index < -0.39 is 11.9 Å². The number of carbonyl (C=O) groups excluding carboxylic acids is 2. The van der Waals surface area contributed by atoms with E-state index >= 15 is 0 Å². The Kier molecular flexibility index (Phi) is 8.91. The predicted octanol–water partition coefficient (Wildman–Crippen LogP) is 3.95. The summed E-state index contributed by atoms with van der Waals surface area (Å²) in [6.45, 7) is 1.67. The molecule has 2 aromatic carbocycles. The number of anilines is 1. The molecular formula is C22H21BrN2O6. The number of hydrogen-bond donors (Lipinski definition) is 1. The van der Waals surface area contributed by atoms with Crippen molar-refractivity contribution >= 4 is 39.6 Å². The number of nitrogens with one attached hydrogen (secondary N) is 1. The van der Waals surface area contributed by atoms with Gasteiger partial charge in [-0.1, -0.05) is 0 Å². The topological polar surface area (TPSA) is 107 Å². The molecule has 2 aromatic rings. The number of halogens is 1. The first kappa shape index (κ1) is 23.8. The Labute approximate surface area is 188 Å². The largest absolute Gasteiger partial charge is 0.497 e. The van der Waals surface area contributed by atoms with Crippen molar-refractivity contribution in [2.24, 2.45) is 0 Å². The summed E-state index contributed by atoms with van der Waals surface area (Å²) in [5.74, 6) is 0.190. The molecule has 0 saturated heterocycles. The molecule has 8 nitrogen and oxygen atoms in total. The van der Waals surface area contributed by atoms with Crippen LogP contribution in [0.2, 0.25) is 0 Å². The van der Waals surface area contributed by atoms with Crippen molar-refractivity contribution in [2.75, 3.05) is 32.8 Å². The molecule has 0 aliphatic carbocycles. The van der Waals surface area contributed by atoms with Gasteiger partial charge in [-0.3, -0.25) is 4.79 Å². The van der Waals surface area contributed by atoms with Crippen LogP contribution in [0.5, 0.6) is 17.2 Å². The average Bonchev–Trinajstić information content (AvgIpc) is 2.76. The van der Waals surface area contributed by atoms with Crippen molar-refractivity contribution in [3.05, 3.63) is 52.0 Å². The summed E-state index contributed by atoms with van der Waals surface area (Å²) in [6.07, 6.45) is 1.42. The van der Waals surface area contributed by atoms with E-state index in [1.165, 1.54) is 13.2 Å². The molecule has 0 aromatic heterocycles. The van der Waals surface area contributed by atoms with Gasteiger partial charge in [0.25, 0.3) is 5.91 Å². The molecule has 2 rings (SSSR count). The summed E-state index contributed by atoms with van der Waals surface area (Å²) in [5, 5.41) is 12.1. The molecule has 0 aliphatic rings. The summed E-state index contributed by atoms with van der Waals surface area (Å²) < 4.78 is 21.2. The number of methoxy groups -OCH3 is 2. The van der Waals surface area contributed by atoms with E-state index in [-0.39, 0.29) is 18.8 Å². The van der Waals surface area contributed by atoms with Crippen molar-refractivity contribution in [1.82, 2.24) is 0 Å². The van der Waals surface area contributed by atoms with E-state index in [9.17, 15) is 14.9 Å². The summed E-state index contributed by atoms with van der Waals surface area (Å²) in [7, 11) is 2.98. The molecule has 0 atom stereocenters. The van der Waals surface area contributed by atoms with Crippen molar-refractivity contribution in [3.63, 3.8) is 0 Å². The fraction of sp³-hybridized carbons (Fsp3) is 0.227. The first-order valence-electron chi connectivity index (χ1n) is 9.15. The van der Waals surface area contributed by atoms with Crippen LogP contribution in [0.4, 0.5) is 5.69 Å². The van der Waals surface area contributed by atoms with Gasteiger partial charge in [-0.25, -0.2) is 4.79 Å². The molecule has 0 radical (unpaired) electrons. The van der Waals surface area contributed by atoms with Gasteiger partial charge in [0, 0.05) is 5.69 Å². The van der Waals surface area contributed by atoms with Crippen molar-refractivity contribution in [3.8, 4) is 23.3 Å². The van der Waals surface area contributed by atoms with Gasteiger partial charge in [-0.15, -0.1) is 0 Å². The van der Waals surface area contributed by atoms with Gasteiger partial charge in [0.2, 0.25) is 0 Å². The number of benzene rings is 2. The van der Waals surface area contributed by atoms with Crippen LogP contribution in [-0.2, 0) is 14.3 Å². The molecule has 31 heavy (non-hydrogen) atoms. The summed E-state index contributed by atoms with van der Waals surface area (Å²) in [6, 6.07) is 11.9. The van der Waals surface area contributed by atoms with Gasteiger partial charge in [-0.2, -0.15) is 5.26 Å². The second-order valence-electron chi connectivity index (χ2n) is 5.98. The van der Waals surface area contributed by atoms with Crippen LogP contribution < -0.4 is 19.5 Å². The summed E-state index contributed by atoms with van der Waals surface area (Å²) in [4.78, 5) is 24.0. The number of esters is 1. The van der Waals surface area contributed by atoms with E-state index in [0.29, 0.717) is 33.0 Å². The lowest BCUT2D eigenvalue weighted by Crippen LogP contribution is -2.15. The number of carbonyl (C=O) groups is 2. The maximum Gasteiger partial charge on any atom is 0.344 e. The molecular weight excluding hydrogens is 468 g/mol. The highest BCUT2D eigenvalue weighted by Gasteiger charge is 2.15. The molecule has 0 heterocycles. The minimum absolute atomic E-state index is 0.107. The highest BCUT2D eigenvalue weighted by molar-refractivity contribution is 9.10. The van der Waals surface area contributed by atoms with E-state index in [0.717, 1.165) is 0 Å². The predicted molar refractivity (Wildman–Crippen MR) is 118 cm³/mol. The van der Waals surface area contributed by atoms with Crippen molar-refractivity contribution < 1.29 is 28.5 Å². The van der Waals surface area contributed by atoms with Crippen molar-refractivity contribution in [1.29, 1.82) is 5.26 Å². The average molecular weight is 489 g/mol. The van der Waals surface area contributed by atoms with E-state index in [4.69, 9.17) is 18.9 Å². The Morgan fingerprint density at radius 2 is 1.87 bits per heavy atom. The van der Waals surface area contributed by atoms with Gasteiger partial charge < -0.3 is 24.3 Å². The third-order valence-electron chi connectivity index (χ3n) is 3.92. The normalized spacial score (nSPS) is 10.6. The van der Waals surface area contributed by atoms with Gasteiger partial charge >= 0.3 is 5.97 Å². The standard InChI is InChI=1S/C22H21BrN2O6/c1-4-30-20(26)13-31-21-18(23)10-14(11-19(21)29-3)9-15(12-24)22(27)25-16-5-7-17(28-2)8-6-16/h5-11H,4,13H2,1-3H3,(H,25,27)/b15-9-. The minimum atomic E-state index is -0.564. The van der Waals surface area contributed by atoms with Crippen LogP contribution in [0.3, 0.4) is 0 Å². The van der Waals surface area contributed by atoms with Crippen molar-refractivity contribution in [2.45, 2.75) is 6.92 Å². The third-order valence-corrected chi connectivity index (χ3v) is 4.50. The van der Waals surface area contributed by atoms with Crippen LogP contribution in [0.25, 0.3) is 6.08 Å². The molecule has 0 unspecified atom stereocenters. The second-order valence-corrected chi connectivity index (χ2v) is 6.83. The zero-order valence-electron chi connectivity index (χ0n) is 17.2. The number of nitrogens with zero attached hydrogens (tertiary/aromatic N) is 1. The Balaban J connectivity index is 2.22. The van der Waals surface area contributed by atoms with Gasteiger partial charge in [0.1, 0.15) is 17.4 Å². The molecule has 0 fully saturated rings. The lowest BCUT2D eigenvalue weighted by atomic mass is 10.1. The van der Waals surface area contributed by atoms with Gasteiger partial charge in [-0.05, 0) is 70.9 Å². The van der Waals surface area contributed by atoms with Crippen LogP contribution in [0, 0.1) is 11.3 Å². The third kappa shape index (κ3) is 6.76. The highest BCUT2D eigenvalue weighted by atomic mass is 79.9. The molecule has 1 N–H and O–H groups in total. The molecule has 162 valence electrons. The van der Waals surface area contributed by atoms with Crippen LogP contribution in [0.1, 0.15) is 12.5 Å². The molecule has 9 heteroatoms. The molecule has 0 bridgehead atoms. The minimum Gasteiger partial charge on any atom is -0.497 e. The van der Waals surface area contributed by atoms with Crippen LogP contribution in [0.15, 0.2) is 46.4 Å². The summed E-state index contributed by atoms with van der Waals surface area (Å²) in [5.41, 5.74) is 0.937. The van der Waals surface area contributed by atoms with E-state index in [2.05, 4.69) is 21.2 Å². The number of rotatable bonds is 9. The number of nitriles is 1.